The van der Waals surface area contributed by atoms with E-state index in [1.54, 1.807) is 19.1 Å². The number of benzene rings is 1. The highest BCUT2D eigenvalue weighted by molar-refractivity contribution is 5.27. The summed E-state index contributed by atoms with van der Waals surface area (Å²) in [5, 5.41) is 8.97. The van der Waals surface area contributed by atoms with Gasteiger partial charge in [-0.2, -0.15) is 0 Å². The molecule has 0 radical (unpaired) electrons. The summed E-state index contributed by atoms with van der Waals surface area (Å²) in [6, 6.07) is 4.79. The highest BCUT2D eigenvalue weighted by Crippen LogP contribution is 2.17. The lowest BCUT2D eigenvalue weighted by molar-refractivity contribution is 0.267. The summed E-state index contributed by atoms with van der Waals surface area (Å²) in [4.78, 5) is 0. The number of aryl methyl sites for hydroxylation is 1. The van der Waals surface area contributed by atoms with Gasteiger partial charge in [0.2, 0.25) is 0 Å². The van der Waals surface area contributed by atoms with E-state index in [0.717, 1.165) is 5.56 Å². The fourth-order valence-electron chi connectivity index (χ4n) is 1.24. The molecule has 3 heteroatoms. The van der Waals surface area contributed by atoms with E-state index in [4.69, 9.17) is 10.8 Å². The number of halogens is 1. The van der Waals surface area contributed by atoms with Gasteiger partial charge in [-0.05, 0) is 24.1 Å². The van der Waals surface area contributed by atoms with Crippen LogP contribution in [0.5, 0.6) is 0 Å². The van der Waals surface area contributed by atoms with E-state index in [1.165, 1.54) is 6.07 Å². The van der Waals surface area contributed by atoms with Crippen LogP contribution in [0.15, 0.2) is 18.2 Å². The predicted molar refractivity (Wildman–Crippen MR) is 50.0 cm³/mol. The molecule has 1 aromatic carbocycles. The van der Waals surface area contributed by atoms with E-state index in [1.807, 2.05) is 0 Å². The minimum Gasteiger partial charge on any atom is -0.396 e. The Morgan fingerprint density at radius 1 is 1.54 bits per heavy atom. The van der Waals surface area contributed by atoms with Crippen LogP contribution in [-0.4, -0.2) is 18.3 Å². The Morgan fingerprint density at radius 3 is 2.69 bits per heavy atom. The number of aliphatic hydroxyl groups is 1. The number of hydrogen-bond donors (Lipinski definition) is 2. The smallest absolute Gasteiger partial charge is 0.126 e. The van der Waals surface area contributed by atoms with E-state index in [9.17, 15) is 4.39 Å². The number of hydrogen-bond acceptors (Lipinski definition) is 2. The topological polar surface area (TPSA) is 46.2 Å². The SMILES string of the molecule is Cc1cc(C(CN)CO)ccc1F. The molecule has 0 saturated heterocycles. The summed E-state index contributed by atoms with van der Waals surface area (Å²) in [7, 11) is 0. The minimum absolute atomic E-state index is 0.00156. The summed E-state index contributed by atoms with van der Waals surface area (Å²) in [6.45, 7) is 2.08. The van der Waals surface area contributed by atoms with Crippen LogP contribution in [0.3, 0.4) is 0 Å². The maximum absolute atomic E-state index is 12.9. The molecule has 0 aliphatic carbocycles. The standard InChI is InChI=1S/C10H14FNO/c1-7-4-8(2-3-10(7)11)9(5-12)6-13/h2-4,9,13H,5-6,12H2,1H3. The van der Waals surface area contributed by atoms with Gasteiger partial charge in [0.15, 0.2) is 0 Å². The fraction of sp³-hybridized carbons (Fsp3) is 0.400. The van der Waals surface area contributed by atoms with Gasteiger partial charge in [0, 0.05) is 12.5 Å². The molecule has 13 heavy (non-hydrogen) atoms. The molecule has 1 aromatic rings. The lowest BCUT2D eigenvalue weighted by Crippen LogP contribution is -2.16. The van der Waals surface area contributed by atoms with Gasteiger partial charge >= 0.3 is 0 Å². The van der Waals surface area contributed by atoms with Crippen LogP contribution >= 0.6 is 0 Å². The molecule has 0 spiro atoms. The molecular formula is C10H14FNO. The molecule has 0 fully saturated rings. The zero-order chi connectivity index (χ0) is 9.84. The van der Waals surface area contributed by atoms with Crippen molar-refractivity contribution in [3.8, 4) is 0 Å². The quantitative estimate of drug-likeness (QED) is 0.738. The number of aliphatic hydroxyl groups excluding tert-OH is 1. The van der Waals surface area contributed by atoms with E-state index < -0.39 is 0 Å². The molecule has 0 saturated carbocycles. The molecule has 3 N–H and O–H groups in total. The van der Waals surface area contributed by atoms with Gasteiger partial charge in [0.1, 0.15) is 5.82 Å². The van der Waals surface area contributed by atoms with Crippen LogP contribution in [0.2, 0.25) is 0 Å². The van der Waals surface area contributed by atoms with Crippen LogP contribution in [0, 0.1) is 12.7 Å². The highest BCUT2D eigenvalue weighted by Gasteiger charge is 2.09. The molecule has 2 nitrogen and oxygen atoms in total. The first-order valence-corrected chi connectivity index (χ1v) is 4.26. The number of nitrogens with two attached hydrogens (primary N) is 1. The predicted octanol–water partition coefficient (Wildman–Crippen LogP) is 1.17. The van der Waals surface area contributed by atoms with Gasteiger partial charge in [0.25, 0.3) is 0 Å². The van der Waals surface area contributed by atoms with Crippen molar-refractivity contribution in [1.82, 2.24) is 0 Å². The van der Waals surface area contributed by atoms with Crippen LogP contribution in [-0.2, 0) is 0 Å². The third-order valence-corrected chi connectivity index (χ3v) is 2.16. The van der Waals surface area contributed by atoms with E-state index in [2.05, 4.69) is 0 Å². The molecular weight excluding hydrogens is 169 g/mol. The second kappa shape index (κ2) is 4.35. The first-order valence-electron chi connectivity index (χ1n) is 4.26. The van der Waals surface area contributed by atoms with Crippen molar-refractivity contribution in [2.24, 2.45) is 5.73 Å². The van der Waals surface area contributed by atoms with Crippen molar-refractivity contribution in [2.45, 2.75) is 12.8 Å². The maximum atomic E-state index is 12.9. The Balaban J connectivity index is 2.95. The summed E-state index contributed by atoms with van der Waals surface area (Å²) < 4.78 is 12.9. The highest BCUT2D eigenvalue weighted by atomic mass is 19.1. The Labute approximate surface area is 77.2 Å². The third kappa shape index (κ3) is 2.26. The first-order chi connectivity index (χ1) is 6.19. The van der Waals surface area contributed by atoms with Crippen LogP contribution in [0.4, 0.5) is 4.39 Å². The summed E-state index contributed by atoms with van der Waals surface area (Å²) in [6.07, 6.45) is 0. The van der Waals surface area contributed by atoms with Crippen molar-refractivity contribution < 1.29 is 9.50 Å². The van der Waals surface area contributed by atoms with Crippen molar-refractivity contribution in [3.63, 3.8) is 0 Å². The van der Waals surface area contributed by atoms with Crippen molar-refractivity contribution in [3.05, 3.63) is 35.1 Å². The molecule has 0 aliphatic rings. The van der Waals surface area contributed by atoms with Gasteiger partial charge in [0.05, 0.1) is 6.61 Å². The summed E-state index contributed by atoms with van der Waals surface area (Å²) in [5.74, 6) is -0.309. The molecule has 0 amide bonds. The van der Waals surface area contributed by atoms with Crippen molar-refractivity contribution in [1.29, 1.82) is 0 Å². The zero-order valence-corrected chi connectivity index (χ0v) is 7.63. The van der Waals surface area contributed by atoms with Gasteiger partial charge < -0.3 is 10.8 Å². The number of rotatable bonds is 3. The summed E-state index contributed by atoms with van der Waals surface area (Å²) >= 11 is 0. The zero-order valence-electron chi connectivity index (χ0n) is 7.63. The van der Waals surface area contributed by atoms with Crippen molar-refractivity contribution >= 4 is 0 Å². The van der Waals surface area contributed by atoms with Crippen LogP contribution in [0.1, 0.15) is 17.0 Å². The van der Waals surface area contributed by atoms with Crippen molar-refractivity contribution in [2.75, 3.05) is 13.2 Å². The molecule has 0 bridgehead atoms. The lowest BCUT2D eigenvalue weighted by atomic mass is 9.98. The molecule has 0 heterocycles. The second-order valence-corrected chi connectivity index (χ2v) is 3.12. The Bertz CT molecular complexity index is 284. The molecule has 72 valence electrons. The molecule has 0 aromatic heterocycles. The molecule has 1 atom stereocenters. The van der Waals surface area contributed by atoms with Crippen LogP contribution < -0.4 is 5.73 Å². The Kier molecular flexibility index (Phi) is 3.39. The van der Waals surface area contributed by atoms with Crippen LogP contribution in [0.25, 0.3) is 0 Å². The monoisotopic (exact) mass is 183 g/mol. The molecule has 0 aliphatic heterocycles. The first kappa shape index (κ1) is 10.2. The lowest BCUT2D eigenvalue weighted by Gasteiger charge is -2.12. The largest absolute Gasteiger partial charge is 0.396 e. The minimum atomic E-state index is -0.225. The van der Waals surface area contributed by atoms with Gasteiger partial charge in [-0.15, -0.1) is 0 Å². The Hall–Kier alpha value is -0.930. The summed E-state index contributed by atoms with van der Waals surface area (Å²) in [5.41, 5.74) is 6.93. The molecule has 1 rings (SSSR count). The average molecular weight is 183 g/mol. The average Bonchev–Trinajstić information content (AvgIpc) is 2.13. The van der Waals surface area contributed by atoms with E-state index >= 15 is 0 Å². The second-order valence-electron chi connectivity index (χ2n) is 3.12. The normalized spacial score (nSPS) is 12.9. The van der Waals surface area contributed by atoms with Gasteiger partial charge in [-0.1, -0.05) is 12.1 Å². The fourth-order valence-corrected chi connectivity index (χ4v) is 1.24. The van der Waals surface area contributed by atoms with Gasteiger partial charge in [-0.25, -0.2) is 4.39 Å². The molecule has 1 unspecified atom stereocenters. The van der Waals surface area contributed by atoms with Gasteiger partial charge in [-0.3, -0.25) is 0 Å². The third-order valence-electron chi connectivity index (χ3n) is 2.16. The Morgan fingerprint density at radius 2 is 2.23 bits per heavy atom. The van der Waals surface area contributed by atoms with E-state index in [0.29, 0.717) is 12.1 Å². The van der Waals surface area contributed by atoms with E-state index in [-0.39, 0.29) is 18.3 Å². The maximum Gasteiger partial charge on any atom is 0.126 e.